The van der Waals surface area contributed by atoms with Gasteiger partial charge in [0.15, 0.2) is 11.9 Å². The first-order valence-corrected chi connectivity index (χ1v) is 7.94. The van der Waals surface area contributed by atoms with Gasteiger partial charge in [-0.3, -0.25) is 14.9 Å². The van der Waals surface area contributed by atoms with Crippen molar-refractivity contribution in [3.63, 3.8) is 0 Å². The third-order valence-corrected chi connectivity index (χ3v) is 3.99. The summed E-state index contributed by atoms with van der Waals surface area (Å²) in [5.74, 6) is 0.144. The number of hydrogen-bond donors (Lipinski definition) is 2. The van der Waals surface area contributed by atoms with E-state index in [2.05, 4.69) is 10.6 Å². The quantitative estimate of drug-likeness (QED) is 0.610. The van der Waals surface area contributed by atoms with Crippen molar-refractivity contribution in [2.75, 3.05) is 19.6 Å². The van der Waals surface area contributed by atoms with Gasteiger partial charge in [-0.15, -0.1) is 0 Å². The summed E-state index contributed by atoms with van der Waals surface area (Å²) >= 11 is 5.75. The van der Waals surface area contributed by atoms with Gasteiger partial charge in [-0.1, -0.05) is 11.6 Å². The lowest BCUT2D eigenvalue weighted by Gasteiger charge is -2.23. The van der Waals surface area contributed by atoms with Gasteiger partial charge < -0.3 is 15.4 Å². The minimum absolute atomic E-state index is 0.0291. The molecule has 1 amide bonds. The lowest BCUT2D eigenvalue weighted by Crippen LogP contribution is -2.42. The maximum atomic E-state index is 12.1. The van der Waals surface area contributed by atoms with Gasteiger partial charge in [-0.2, -0.15) is 0 Å². The number of carbonyl (C=O) groups excluding carboxylic acids is 1. The Bertz CT molecular complexity index is 576. The maximum absolute atomic E-state index is 12.1. The highest BCUT2D eigenvalue weighted by atomic mass is 35.5. The zero-order valence-corrected chi connectivity index (χ0v) is 13.6. The van der Waals surface area contributed by atoms with E-state index in [1.807, 2.05) is 0 Å². The fourth-order valence-electron chi connectivity index (χ4n) is 2.46. The molecule has 2 atom stereocenters. The van der Waals surface area contributed by atoms with Crippen LogP contribution >= 0.6 is 11.6 Å². The summed E-state index contributed by atoms with van der Waals surface area (Å²) in [7, 11) is 0. The zero-order valence-electron chi connectivity index (χ0n) is 12.9. The monoisotopic (exact) mass is 341 g/mol. The number of nitrogens with one attached hydrogen (secondary N) is 2. The average Bonchev–Trinajstić information content (AvgIpc) is 2.55. The molecule has 0 aromatic heterocycles. The molecular formula is C15H20ClN3O4. The molecule has 1 aliphatic heterocycles. The number of piperidine rings is 1. The molecule has 0 saturated carbocycles. The van der Waals surface area contributed by atoms with E-state index in [0.29, 0.717) is 12.5 Å². The van der Waals surface area contributed by atoms with E-state index in [9.17, 15) is 14.9 Å². The van der Waals surface area contributed by atoms with E-state index in [1.165, 1.54) is 18.2 Å². The Morgan fingerprint density at radius 2 is 2.39 bits per heavy atom. The van der Waals surface area contributed by atoms with Gasteiger partial charge in [0.1, 0.15) is 0 Å². The molecule has 2 N–H and O–H groups in total. The second kappa shape index (κ2) is 8.12. The molecule has 1 heterocycles. The lowest BCUT2D eigenvalue weighted by molar-refractivity contribution is -0.386. The molecule has 126 valence electrons. The van der Waals surface area contributed by atoms with Gasteiger partial charge >= 0.3 is 5.69 Å². The van der Waals surface area contributed by atoms with Gasteiger partial charge in [0.05, 0.1) is 4.92 Å². The number of nitro groups is 1. The second-order valence-corrected chi connectivity index (χ2v) is 6.02. The third-order valence-electron chi connectivity index (χ3n) is 3.75. The summed E-state index contributed by atoms with van der Waals surface area (Å²) in [6.45, 7) is 4.04. The average molecular weight is 342 g/mol. The van der Waals surface area contributed by atoms with Crippen LogP contribution in [0.25, 0.3) is 0 Å². The SMILES string of the molecule is CC(Oc1ccc(Cl)cc1[N+](=O)[O-])C(=O)NCC1CCCNC1. The van der Waals surface area contributed by atoms with E-state index in [1.54, 1.807) is 6.92 Å². The number of carbonyl (C=O) groups is 1. The Hall–Kier alpha value is -1.86. The van der Waals surface area contributed by atoms with Crippen molar-refractivity contribution in [1.29, 1.82) is 0 Å². The zero-order chi connectivity index (χ0) is 16.8. The fraction of sp³-hybridized carbons (Fsp3) is 0.533. The highest BCUT2D eigenvalue weighted by molar-refractivity contribution is 6.30. The predicted molar refractivity (Wildman–Crippen MR) is 86.8 cm³/mol. The van der Waals surface area contributed by atoms with Crippen molar-refractivity contribution in [1.82, 2.24) is 10.6 Å². The van der Waals surface area contributed by atoms with Crippen LogP contribution in [-0.4, -0.2) is 36.6 Å². The van der Waals surface area contributed by atoms with E-state index in [4.69, 9.17) is 16.3 Å². The van der Waals surface area contributed by atoms with Crippen LogP contribution in [0.15, 0.2) is 18.2 Å². The van der Waals surface area contributed by atoms with Crippen molar-refractivity contribution in [2.24, 2.45) is 5.92 Å². The van der Waals surface area contributed by atoms with E-state index in [0.717, 1.165) is 25.9 Å². The second-order valence-electron chi connectivity index (χ2n) is 5.59. The number of halogens is 1. The highest BCUT2D eigenvalue weighted by Gasteiger charge is 2.22. The van der Waals surface area contributed by atoms with Crippen molar-refractivity contribution >= 4 is 23.2 Å². The number of nitro benzene ring substituents is 1. The Morgan fingerprint density at radius 1 is 1.61 bits per heavy atom. The summed E-state index contributed by atoms with van der Waals surface area (Å²) in [5, 5.41) is 17.4. The molecular weight excluding hydrogens is 322 g/mol. The van der Waals surface area contributed by atoms with Crippen molar-refractivity contribution in [3.8, 4) is 5.75 Å². The molecule has 1 saturated heterocycles. The molecule has 1 aliphatic rings. The van der Waals surface area contributed by atoms with Crippen LogP contribution in [0.4, 0.5) is 5.69 Å². The molecule has 1 aromatic carbocycles. The summed E-state index contributed by atoms with van der Waals surface area (Å²) in [6.07, 6.45) is 1.35. The van der Waals surface area contributed by atoms with Gasteiger partial charge in [0.2, 0.25) is 0 Å². The lowest BCUT2D eigenvalue weighted by atomic mass is 10.00. The minimum Gasteiger partial charge on any atom is -0.474 e. The third kappa shape index (κ3) is 5.07. The molecule has 2 unspecified atom stereocenters. The Labute approximate surface area is 139 Å². The molecule has 2 rings (SSSR count). The van der Waals surface area contributed by atoms with Crippen molar-refractivity contribution < 1.29 is 14.5 Å². The molecule has 0 aliphatic carbocycles. The van der Waals surface area contributed by atoms with Crippen LogP contribution in [-0.2, 0) is 4.79 Å². The summed E-state index contributed by atoms with van der Waals surface area (Å²) in [6, 6.07) is 4.09. The highest BCUT2D eigenvalue weighted by Crippen LogP contribution is 2.30. The number of rotatable bonds is 6. The molecule has 23 heavy (non-hydrogen) atoms. The Morgan fingerprint density at radius 3 is 3.04 bits per heavy atom. The van der Waals surface area contributed by atoms with E-state index < -0.39 is 11.0 Å². The largest absolute Gasteiger partial charge is 0.474 e. The topological polar surface area (TPSA) is 93.5 Å². The molecule has 8 heteroatoms. The number of nitrogens with zero attached hydrogens (tertiary/aromatic N) is 1. The van der Waals surface area contributed by atoms with Crippen LogP contribution in [0.2, 0.25) is 5.02 Å². The van der Waals surface area contributed by atoms with Gasteiger partial charge in [0.25, 0.3) is 5.91 Å². The number of amides is 1. The predicted octanol–water partition coefficient (Wildman–Crippen LogP) is 2.13. The van der Waals surface area contributed by atoms with Crippen LogP contribution in [0.1, 0.15) is 19.8 Å². The molecule has 7 nitrogen and oxygen atoms in total. The Kier molecular flexibility index (Phi) is 6.18. The number of hydrogen-bond acceptors (Lipinski definition) is 5. The van der Waals surface area contributed by atoms with Gasteiger partial charge in [-0.05, 0) is 50.9 Å². The summed E-state index contributed by atoms with van der Waals surface area (Å²) < 4.78 is 5.44. The molecule has 0 spiro atoms. The van der Waals surface area contributed by atoms with E-state index in [-0.39, 0.29) is 22.4 Å². The van der Waals surface area contributed by atoms with Crippen LogP contribution in [0.3, 0.4) is 0 Å². The molecule has 1 fully saturated rings. The Balaban J connectivity index is 1.91. The maximum Gasteiger partial charge on any atom is 0.312 e. The standard InChI is InChI=1S/C15H20ClN3O4/c1-10(15(20)18-9-11-3-2-6-17-8-11)23-14-5-4-12(16)7-13(14)19(21)22/h4-5,7,10-11,17H,2-3,6,8-9H2,1H3,(H,18,20). The first-order chi connectivity index (χ1) is 11.0. The molecule has 0 bridgehead atoms. The van der Waals surface area contributed by atoms with Crippen LogP contribution in [0, 0.1) is 16.0 Å². The van der Waals surface area contributed by atoms with Crippen molar-refractivity contribution in [3.05, 3.63) is 33.3 Å². The van der Waals surface area contributed by atoms with Gasteiger partial charge in [-0.25, -0.2) is 0 Å². The first kappa shape index (κ1) is 17.5. The summed E-state index contributed by atoms with van der Waals surface area (Å²) in [4.78, 5) is 22.5. The van der Waals surface area contributed by atoms with Crippen LogP contribution < -0.4 is 15.4 Å². The number of ether oxygens (including phenoxy) is 1. The molecule has 0 radical (unpaired) electrons. The normalized spacial score (nSPS) is 19.0. The summed E-state index contributed by atoms with van der Waals surface area (Å²) in [5.41, 5.74) is -0.256. The molecule has 1 aromatic rings. The van der Waals surface area contributed by atoms with Crippen molar-refractivity contribution in [2.45, 2.75) is 25.9 Å². The fourth-order valence-corrected chi connectivity index (χ4v) is 2.63. The smallest absolute Gasteiger partial charge is 0.312 e. The van der Waals surface area contributed by atoms with E-state index >= 15 is 0 Å². The van der Waals surface area contributed by atoms with Gasteiger partial charge in [0, 0.05) is 17.6 Å². The minimum atomic E-state index is -0.827. The van der Waals surface area contributed by atoms with Crippen LogP contribution in [0.5, 0.6) is 5.75 Å². The number of benzene rings is 1. The first-order valence-electron chi connectivity index (χ1n) is 7.56.